The lowest BCUT2D eigenvalue weighted by Crippen LogP contribution is -2.53. The van der Waals surface area contributed by atoms with Gasteiger partial charge in [-0.15, -0.1) is 0 Å². The van der Waals surface area contributed by atoms with Crippen LogP contribution in [-0.4, -0.2) is 35.4 Å². The first-order valence-electron chi connectivity index (χ1n) is 11.6. The lowest BCUT2D eigenvalue weighted by Gasteiger charge is -2.32. The van der Waals surface area contributed by atoms with E-state index in [4.69, 9.17) is 16.3 Å². The molecule has 5 nitrogen and oxygen atoms in total. The van der Waals surface area contributed by atoms with Crippen LogP contribution in [0.4, 0.5) is 0 Å². The molecule has 3 rings (SSSR count). The number of rotatable bonds is 11. The third-order valence-corrected chi connectivity index (χ3v) is 6.49. The van der Waals surface area contributed by atoms with Gasteiger partial charge in [-0.05, 0) is 60.9 Å². The van der Waals surface area contributed by atoms with E-state index in [0.717, 1.165) is 22.0 Å². The summed E-state index contributed by atoms with van der Waals surface area (Å²) in [5.41, 5.74) is 1.89. The molecule has 0 aliphatic rings. The monoisotopic (exact) mass is 556 g/mol. The lowest BCUT2D eigenvalue weighted by molar-refractivity contribution is -0.143. The van der Waals surface area contributed by atoms with Gasteiger partial charge in [-0.25, -0.2) is 0 Å². The van der Waals surface area contributed by atoms with Crippen molar-refractivity contribution in [3.8, 4) is 5.75 Å². The van der Waals surface area contributed by atoms with Gasteiger partial charge in [0.25, 0.3) is 5.91 Å². The lowest BCUT2D eigenvalue weighted by atomic mass is 10.0. The zero-order valence-electron chi connectivity index (χ0n) is 19.9. The Bertz CT molecular complexity index is 1090. The Morgan fingerprint density at radius 2 is 1.63 bits per heavy atom. The van der Waals surface area contributed by atoms with E-state index in [-0.39, 0.29) is 31.0 Å². The van der Waals surface area contributed by atoms with Crippen LogP contribution in [0.5, 0.6) is 5.75 Å². The second-order valence-corrected chi connectivity index (χ2v) is 9.77. The second-order valence-electron chi connectivity index (χ2n) is 8.41. The van der Waals surface area contributed by atoms with Crippen LogP contribution in [0.15, 0.2) is 83.3 Å². The number of carbonyl (C=O) groups is 2. The highest BCUT2D eigenvalue weighted by molar-refractivity contribution is 9.10. The van der Waals surface area contributed by atoms with E-state index in [0.29, 0.717) is 17.2 Å². The van der Waals surface area contributed by atoms with E-state index < -0.39 is 6.04 Å². The smallest absolute Gasteiger partial charge is 0.261 e. The Hall–Kier alpha value is -2.83. The topological polar surface area (TPSA) is 58.6 Å². The molecule has 2 atom stereocenters. The maximum Gasteiger partial charge on any atom is 0.261 e. The molecule has 0 heterocycles. The van der Waals surface area contributed by atoms with E-state index in [1.807, 2.05) is 68.4 Å². The number of carbonyl (C=O) groups excluding carboxylic acids is 2. The van der Waals surface area contributed by atoms with E-state index >= 15 is 0 Å². The van der Waals surface area contributed by atoms with Gasteiger partial charge in [-0.3, -0.25) is 9.59 Å². The van der Waals surface area contributed by atoms with Crippen molar-refractivity contribution in [2.75, 3.05) is 6.61 Å². The average Bonchev–Trinajstić information content (AvgIpc) is 2.87. The zero-order valence-corrected chi connectivity index (χ0v) is 22.3. The number of halogens is 2. The number of ether oxygens (including phenoxy) is 1. The van der Waals surface area contributed by atoms with Crippen molar-refractivity contribution in [2.45, 2.75) is 45.3 Å². The van der Waals surface area contributed by atoms with E-state index in [1.54, 1.807) is 29.2 Å². The molecule has 3 aromatic rings. The molecular weight excluding hydrogens is 528 g/mol. The van der Waals surface area contributed by atoms with Crippen LogP contribution < -0.4 is 10.1 Å². The zero-order chi connectivity index (χ0) is 25.2. The van der Waals surface area contributed by atoms with E-state index in [2.05, 4.69) is 21.2 Å². The predicted octanol–water partition coefficient (Wildman–Crippen LogP) is 6.04. The van der Waals surface area contributed by atoms with Gasteiger partial charge in [0.15, 0.2) is 6.61 Å². The Labute approximate surface area is 220 Å². The fraction of sp³-hybridized carbons (Fsp3) is 0.286. The number of nitrogens with zero attached hydrogens (tertiary/aromatic N) is 1. The fourth-order valence-corrected chi connectivity index (χ4v) is 3.93. The molecule has 1 N–H and O–H groups in total. The minimum absolute atomic E-state index is 0.00396. The van der Waals surface area contributed by atoms with Gasteiger partial charge in [0.05, 0.1) is 0 Å². The minimum atomic E-state index is -0.698. The van der Waals surface area contributed by atoms with Gasteiger partial charge in [-0.1, -0.05) is 76.9 Å². The Morgan fingerprint density at radius 3 is 2.26 bits per heavy atom. The van der Waals surface area contributed by atoms with Crippen molar-refractivity contribution in [3.63, 3.8) is 0 Å². The molecule has 2 amide bonds. The highest BCUT2D eigenvalue weighted by Gasteiger charge is 2.31. The fourth-order valence-electron chi connectivity index (χ4n) is 3.54. The molecule has 0 bridgehead atoms. The molecule has 184 valence electrons. The standard InChI is InChI=1S/C28H30BrClN2O3/c1-3-20(2)31-28(34)26(17-21-7-5-4-6-8-21)32(18-22-9-11-23(29)12-10-22)27(33)19-35-25-15-13-24(30)14-16-25/h4-16,20,26H,3,17-19H2,1-2H3,(H,31,34)/t20-,26-/m0/s1. The maximum absolute atomic E-state index is 13.5. The largest absolute Gasteiger partial charge is 0.484 e. The molecular formula is C28H30BrClN2O3. The summed E-state index contributed by atoms with van der Waals surface area (Å²) >= 11 is 9.41. The van der Waals surface area contributed by atoms with Crippen LogP contribution in [0.25, 0.3) is 0 Å². The summed E-state index contributed by atoms with van der Waals surface area (Å²) < 4.78 is 6.70. The molecule has 7 heteroatoms. The quantitative estimate of drug-likeness (QED) is 0.313. The molecule has 0 unspecified atom stereocenters. The third kappa shape index (κ3) is 8.41. The molecule has 0 aliphatic carbocycles. The van der Waals surface area contributed by atoms with Gasteiger partial charge in [0, 0.05) is 28.5 Å². The van der Waals surface area contributed by atoms with Crippen LogP contribution in [0.3, 0.4) is 0 Å². The summed E-state index contributed by atoms with van der Waals surface area (Å²) in [5.74, 6) is 0.0817. The molecule has 0 saturated heterocycles. The van der Waals surface area contributed by atoms with Gasteiger partial charge in [-0.2, -0.15) is 0 Å². The third-order valence-electron chi connectivity index (χ3n) is 5.71. The number of hydrogen-bond acceptors (Lipinski definition) is 3. The SMILES string of the molecule is CC[C@H](C)NC(=O)[C@H](Cc1ccccc1)N(Cc1ccc(Br)cc1)C(=O)COc1ccc(Cl)cc1. The summed E-state index contributed by atoms with van der Waals surface area (Å²) in [5, 5.41) is 3.65. The molecule has 0 radical (unpaired) electrons. The van der Waals surface area contributed by atoms with Crippen molar-refractivity contribution in [1.29, 1.82) is 0 Å². The van der Waals surface area contributed by atoms with E-state index in [1.165, 1.54) is 0 Å². The normalized spacial score (nSPS) is 12.5. The average molecular weight is 558 g/mol. The second kappa shape index (κ2) is 13.3. The number of benzene rings is 3. The summed E-state index contributed by atoms with van der Waals surface area (Å²) in [6.45, 7) is 4.06. The van der Waals surface area contributed by atoms with Crippen LogP contribution >= 0.6 is 27.5 Å². The first-order chi connectivity index (χ1) is 16.9. The van der Waals surface area contributed by atoms with Crippen LogP contribution in [0, 0.1) is 0 Å². The molecule has 35 heavy (non-hydrogen) atoms. The maximum atomic E-state index is 13.5. The summed E-state index contributed by atoms with van der Waals surface area (Å²) in [6, 6.07) is 23.6. The Balaban J connectivity index is 1.89. The first kappa shape index (κ1) is 26.8. The molecule has 0 saturated carbocycles. The summed E-state index contributed by atoms with van der Waals surface area (Å²) in [6.07, 6.45) is 1.19. The number of amides is 2. The number of nitrogens with one attached hydrogen (secondary N) is 1. The molecule has 0 aromatic heterocycles. The molecule has 0 aliphatic heterocycles. The number of hydrogen-bond donors (Lipinski definition) is 1. The van der Waals surface area contributed by atoms with Crippen molar-refractivity contribution >= 4 is 39.3 Å². The van der Waals surface area contributed by atoms with Crippen molar-refractivity contribution < 1.29 is 14.3 Å². The van der Waals surface area contributed by atoms with Gasteiger partial charge < -0.3 is 15.0 Å². The van der Waals surface area contributed by atoms with Crippen LogP contribution in [0.2, 0.25) is 5.02 Å². The Kier molecular flexibility index (Phi) is 10.2. The van der Waals surface area contributed by atoms with Crippen LogP contribution in [0.1, 0.15) is 31.4 Å². The first-order valence-corrected chi connectivity index (χ1v) is 12.8. The summed E-state index contributed by atoms with van der Waals surface area (Å²) in [4.78, 5) is 28.6. The molecule has 0 spiro atoms. The van der Waals surface area contributed by atoms with Crippen molar-refractivity contribution in [1.82, 2.24) is 10.2 Å². The molecule has 3 aromatic carbocycles. The highest BCUT2D eigenvalue weighted by atomic mass is 79.9. The van der Waals surface area contributed by atoms with Crippen molar-refractivity contribution in [3.05, 3.63) is 99.5 Å². The minimum Gasteiger partial charge on any atom is -0.484 e. The molecule has 0 fully saturated rings. The van der Waals surface area contributed by atoms with Gasteiger partial charge in [0.2, 0.25) is 5.91 Å². The van der Waals surface area contributed by atoms with Crippen molar-refractivity contribution in [2.24, 2.45) is 0 Å². The predicted molar refractivity (Wildman–Crippen MR) is 143 cm³/mol. The van der Waals surface area contributed by atoms with Gasteiger partial charge in [0.1, 0.15) is 11.8 Å². The van der Waals surface area contributed by atoms with Crippen LogP contribution in [-0.2, 0) is 22.6 Å². The summed E-state index contributed by atoms with van der Waals surface area (Å²) in [7, 11) is 0. The van der Waals surface area contributed by atoms with E-state index in [9.17, 15) is 9.59 Å². The Morgan fingerprint density at radius 1 is 0.971 bits per heavy atom. The van der Waals surface area contributed by atoms with Gasteiger partial charge >= 0.3 is 0 Å². The highest BCUT2D eigenvalue weighted by Crippen LogP contribution is 2.19.